The van der Waals surface area contributed by atoms with Crippen LogP contribution < -0.4 is 10.6 Å². The van der Waals surface area contributed by atoms with Crippen LogP contribution in [-0.4, -0.2) is 12.6 Å². The first-order valence-electron chi connectivity index (χ1n) is 8.18. The molecule has 2 amide bonds. The molecule has 1 fully saturated rings. The average molecular weight is 308 g/mol. The molecule has 3 rings (SSSR count). The van der Waals surface area contributed by atoms with Crippen molar-refractivity contribution in [2.45, 2.75) is 39.0 Å². The second-order valence-electron chi connectivity index (χ2n) is 6.75. The second kappa shape index (κ2) is 6.07. The number of hydrogen-bond donors (Lipinski definition) is 2. The molecule has 0 saturated heterocycles. The Bertz CT molecular complexity index is 715. The van der Waals surface area contributed by atoms with E-state index in [1.165, 1.54) is 22.3 Å². The normalized spacial score (nSPS) is 15.1. The number of urea groups is 1. The Morgan fingerprint density at radius 2 is 1.70 bits per heavy atom. The summed E-state index contributed by atoms with van der Waals surface area (Å²) in [7, 11) is 0. The summed E-state index contributed by atoms with van der Waals surface area (Å²) in [4.78, 5) is 12.1. The number of aryl methyl sites for hydroxylation is 3. The van der Waals surface area contributed by atoms with Gasteiger partial charge in [-0.2, -0.15) is 0 Å². The maximum Gasteiger partial charge on any atom is 0.319 e. The predicted molar refractivity (Wildman–Crippen MR) is 95.0 cm³/mol. The summed E-state index contributed by atoms with van der Waals surface area (Å²) >= 11 is 0. The maximum atomic E-state index is 12.1. The zero-order valence-corrected chi connectivity index (χ0v) is 14.1. The summed E-state index contributed by atoms with van der Waals surface area (Å²) in [5.41, 5.74) is 5.98. The van der Waals surface area contributed by atoms with Crippen LogP contribution in [0.2, 0.25) is 0 Å². The third-order valence-corrected chi connectivity index (χ3v) is 4.87. The molecule has 2 aromatic carbocycles. The highest BCUT2D eigenvalue weighted by Crippen LogP contribution is 2.47. The van der Waals surface area contributed by atoms with Crippen molar-refractivity contribution in [1.82, 2.24) is 5.32 Å². The molecule has 1 aliphatic rings. The third-order valence-electron chi connectivity index (χ3n) is 4.87. The second-order valence-corrected chi connectivity index (χ2v) is 6.75. The Labute approximate surface area is 138 Å². The Morgan fingerprint density at radius 1 is 1.00 bits per heavy atom. The van der Waals surface area contributed by atoms with Crippen LogP contribution in [0.15, 0.2) is 42.5 Å². The van der Waals surface area contributed by atoms with Gasteiger partial charge in [0.2, 0.25) is 0 Å². The van der Waals surface area contributed by atoms with Crippen LogP contribution in [-0.2, 0) is 5.41 Å². The first kappa shape index (κ1) is 15.6. The van der Waals surface area contributed by atoms with E-state index in [0.29, 0.717) is 6.54 Å². The molecule has 23 heavy (non-hydrogen) atoms. The molecule has 1 aliphatic carbocycles. The van der Waals surface area contributed by atoms with E-state index in [0.717, 1.165) is 18.5 Å². The lowest BCUT2D eigenvalue weighted by Crippen LogP contribution is -2.35. The molecule has 0 spiro atoms. The molecule has 0 unspecified atom stereocenters. The number of rotatable bonds is 4. The minimum Gasteiger partial charge on any atom is -0.337 e. The monoisotopic (exact) mass is 308 g/mol. The van der Waals surface area contributed by atoms with Crippen LogP contribution in [0.4, 0.5) is 10.5 Å². The summed E-state index contributed by atoms with van der Waals surface area (Å²) < 4.78 is 0. The molecule has 0 aromatic heterocycles. The van der Waals surface area contributed by atoms with Crippen molar-refractivity contribution in [2.75, 3.05) is 11.9 Å². The van der Waals surface area contributed by atoms with E-state index in [1.54, 1.807) is 0 Å². The fraction of sp³-hybridized carbons (Fsp3) is 0.350. The van der Waals surface area contributed by atoms with Gasteiger partial charge in [-0.3, -0.25) is 0 Å². The Balaban J connectivity index is 1.58. The molecule has 3 nitrogen and oxygen atoms in total. The highest BCUT2D eigenvalue weighted by Gasteiger charge is 2.44. The number of nitrogens with one attached hydrogen (secondary N) is 2. The molecule has 2 aromatic rings. The van der Waals surface area contributed by atoms with Gasteiger partial charge in [-0.05, 0) is 62.4 Å². The van der Waals surface area contributed by atoms with E-state index in [2.05, 4.69) is 55.7 Å². The average Bonchev–Trinajstić information content (AvgIpc) is 3.31. The number of benzene rings is 2. The van der Waals surface area contributed by atoms with Crippen molar-refractivity contribution >= 4 is 11.7 Å². The van der Waals surface area contributed by atoms with Crippen molar-refractivity contribution in [2.24, 2.45) is 0 Å². The first-order valence-corrected chi connectivity index (χ1v) is 8.18. The van der Waals surface area contributed by atoms with Crippen molar-refractivity contribution in [3.63, 3.8) is 0 Å². The number of carbonyl (C=O) groups is 1. The Morgan fingerprint density at radius 3 is 2.30 bits per heavy atom. The van der Waals surface area contributed by atoms with Crippen molar-refractivity contribution in [3.05, 3.63) is 64.7 Å². The van der Waals surface area contributed by atoms with Crippen LogP contribution in [0.1, 0.15) is 35.1 Å². The first-order chi connectivity index (χ1) is 11.0. The molecule has 120 valence electrons. The van der Waals surface area contributed by atoms with E-state index in [9.17, 15) is 4.79 Å². The largest absolute Gasteiger partial charge is 0.337 e. The number of anilines is 1. The SMILES string of the molecule is Cc1ccc(C2(CNC(=O)Nc3ccc(C)c(C)c3)CC2)cc1. The van der Waals surface area contributed by atoms with Crippen LogP contribution in [0.25, 0.3) is 0 Å². The third kappa shape index (κ3) is 3.55. The topological polar surface area (TPSA) is 41.1 Å². The van der Waals surface area contributed by atoms with Crippen LogP contribution in [0, 0.1) is 20.8 Å². The van der Waals surface area contributed by atoms with Crippen LogP contribution in [0.5, 0.6) is 0 Å². The van der Waals surface area contributed by atoms with E-state index < -0.39 is 0 Å². The lowest BCUT2D eigenvalue weighted by molar-refractivity contribution is 0.251. The standard InChI is InChI=1S/C20H24N2O/c1-14-4-7-17(8-5-14)20(10-11-20)13-21-19(23)22-18-9-6-15(2)16(3)12-18/h4-9,12H,10-11,13H2,1-3H3,(H2,21,22,23). The minimum atomic E-state index is -0.133. The predicted octanol–water partition coefficient (Wildman–Crippen LogP) is 4.47. The minimum absolute atomic E-state index is 0.133. The Kier molecular flexibility index (Phi) is 4.12. The van der Waals surface area contributed by atoms with Gasteiger partial charge in [-0.25, -0.2) is 4.79 Å². The van der Waals surface area contributed by atoms with Gasteiger partial charge in [0.25, 0.3) is 0 Å². The number of amides is 2. The molecule has 2 N–H and O–H groups in total. The molecule has 3 heteroatoms. The quantitative estimate of drug-likeness (QED) is 0.860. The smallest absolute Gasteiger partial charge is 0.319 e. The van der Waals surface area contributed by atoms with Gasteiger partial charge in [0.05, 0.1) is 0 Å². The summed E-state index contributed by atoms with van der Waals surface area (Å²) in [6.45, 7) is 6.90. The molecule has 0 bridgehead atoms. The van der Waals surface area contributed by atoms with Gasteiger partial charge >= 0.3 is 6.03 Å². The maximum absolute atomic E-state index is 12.1. The Hall–Kier alpha value is -2.29. The zero-order valence-electron chi connectivity index (χ0n) is 14.1. The van der Waals surface area contributed by atoms with Crippen molar-refractivity contribution < 1.29 is 4.79 Å². The summed E-state index contributed by atoms with van der Waals surface area (Å²) in [5, 5.41) is 5.95. The molecule has 1 saturated carbocycles. The van der Waals surface area contributed by atoms with E-state index in [-0.39, 0.29) is 11.4 Å². The van der Waals surface area contributed by atoms with Crippen LogP contribution >= 0.6 is 0 Å². The highest BCUT2D eigenvalue weighted by molar-refractivity contribution is 5.89. The summed E-state index contributed by atoms with van der Waals surface area (Å²) in [6, 6.07) is 14.5. The van der Waals surface area contributed by atoms with Gasteiger partial charge in [-0.1, -0.05) is 35.9 Å². The number of hydrogen-bond acceptors (Lipinski definition) is 1. The van der Waals surface area contributed by atoms with Gasteiger partial charge in [0.1, 0.15) is 0 Å². The van der Waals surface area contributed by atoms with E-state index in [1.807, 2.05) is 18.2 Å². The molecular weight excluding hydrogens is 284 g/mol. The van der Waals surface area contributed by atoms with Gasteiger partial charge in [0, 0.05) is 17.6 Å². The molecule has 0 aliphatic heterocycles. The number of carbonyl (C=O) groups excluding carboxylic acids is 1. The molecular formula is C20H24N2O. The van der Waals surface area contributed by atoms with Crippen molar-refractivity contribution in [3.8, 4) is 0 Å². The summed E-state index contributed by atoms with van der Waals surface area (Å²) in [6.07, 6.45) is 2.28. The fourth-order valence-electron chi connectivity index (χ4n) is 2.87. The van der Waals surface area contributed by atoms with Gasteiger partial charge < -0.3 is 10.6 Å². The fourth-order valence-corrected chi connectivity index (χ4v) is 2.87. The molecule has 0 heterocycles. The van der Waals surface area contributed by atoms with Crippen molar-refractivity contribution in [1.29, 1.82) is 0 Å². The molecule has 0 radical (unpaired) electrons. The zero-order chi connectivity index (χ0) is 16.4. The van der Waals surface area contributed by atoms with Crippen LogP contribution in [0.3, 0.4) is 0 Å². The molecule has 0 atom stereocenters. The van der Waals surface area contributed by atoms with Gasteiger partial charge in [0.15, 0.2) is 0 Å². The van der Waals surface area contributed by atoms with Gasteiger partial charge in [-0.15, -0.1) is 0 Å². The summed E-state index contributed by atoms with van der Waals surface area (Å²) in [5.74, 6) is 0. The lowest BCUT2D eigenvalue weighted by atomic mass is 9.95. The lowest BCUT2D eigenvalue weighted by Gasteiger charge is -2.17. The highest BCUT2D eigenvalue weighted by atomic mass is 16.2. The van der Waals surface area contributed by atoms with E-state index >= 15 is 0 Å². The van der Waals surface area contributed by atoms with E-state index in [4.69, 9.17) is 0 Å².